The molecule has 0 aliphatic carbocycles. The minimum absolute atomic E-state index is 0.743. The Balaban J connectivity index is 1.46. The lowest BCUT2D eigenvalue weighted by Crippen LogP contribution is -2.47. The molecular formula is C16H23N7OS. The Kier molecular flexibility index (Phi) is 4.67. The molecule has 0 amide bonds. The predicted molar refractivity (Wildman–Crippen MR) is 98.9 cm³/mol. The molecule has 9 heteroatoms. The molecule has 4 rings (SSSR count). The van der Waals surface area contributed by atoms with Crippen LogP contribution in [0.3, 0.4) is 0 Å². The van der Waals surface area contributed by atoms with Crippen LogP contribution in [0.5, 0.6) is 0 Å². The van der Waals surface area contributed by atoms with E-state index in [1.165, 1.54) is 0 Å². The molecule has 2 aliphatic heterocycles. The van der Waals surface area contributed by atoms with Crippen molar-refractivity contribution in [1.82, 2.24) is 20.2 Å². The number of aryl methyl sites for hydroxylation is 2. The Labute approximate surface area is 151 Å². The molecule has 4 heterocycles. The van der Waals surface area contributed by atoms with Crippen molar-refractivity contribution in [2.24, 2.45) is 0 Å². The summed E-state index contributed by atoms with van der Waals surface area (Å²) in [7, 11) is 0. The molecule has 0 spiro atoms. The number of morpholine rings is 1. The topological polar surface area (TPSA) is 70.5 Å². The molecule has 2 aromatic rings. The first-order valence-corrected chi connectivity index (χ1v) is 9.49. The standard InChI is InChI=1S/C16H23N7OS/c1-12-11-14(18-15(17-12)22-7-9-24-10-8-22)21-3-5-23(6-4-21)16-20-19-13(2)25-16/h11H,3-10H2,1-2H3. The van der Waals surface area contributed by atoms with Gasteiger partial charge in [0.15, 0.2) is 0 Å². The fourth-order valence-corrected chi connectivity index (χ4v) is 3.88. The molecule has 2 aromatic heterocycles. The van der Waals surface area contributed by atoms with Crippen LogP contribution in [-0.4, -0.2) is 72.6 Å². The molecule has 0 radical (unpaired) electrons. The van der Waals surface area contributed by atoms with Crippen LogP contribution in [0.15, 0.2) is 6.07 Å². The fourth-order valence-electron chi connectivity index (χ4n) is 3.14. The summed E-state index contributed by atoms with van der Waals surface area (Å²) in [5, 5.41) is 10.4. The van der Waals surface area contributed by atoms with E-state index in [0.717, 1.165) is 80.1 Å². The number of piperazine rings is 1. The quantitative estimate of drug-likeness (QED) is 0.805. The van der Waals surface area contributed by atoms with Gasteiger partial charge in [0, 0.05) is 51.0 Å². The van der Waals surface area contributed by atoms with Gasteiger partial charge in [0.25, 0.3) is 0 Å². The van der Waals surface area contributed by atoms with Crippen molar-refractivity contribution in [3.05, 3.63) is 16.8 Å². The molecule has 0 atom stereocenters. The molecule has 8 nitrogen and oxygen atoms in total. The van der Waals surface area contributed by atoms with Crippen LogP contribution >= 0.6 is 11.3 Å². The third-order valence-corrected chi connectivity index (χ3v) is 5.41. The molecule has 0 unspecified atom stereocenters. The Morgan fingerprint density at radius 2 is 1.60 bits per heavy atom. The van der Waals surface area contributed by atoms with E-state index in [1.54, 1.807) is 11.3 Å². The highest BCUT2D eigenvalue weighted by Crippen LogP contribution is 2.24. The number of aromatic nitrogens is 4. The average Bonchev–Trinajstić information content (AvgIpc) is 3.08. The van der Waals surface area contributed by atoms with E-state index in [-0.39, 0.29) is 0 Å². The molecule has 2 aliphatic rings. The first-order valence-electron chi connectivity index (χ1n) is 8.67. The zero-order chi connectivity index (χ0) is 17.2. The van der Waals surface area contributed by atoms with Crippen LogP contribution in [-0.2, 0) is 4.74 Å². The molecule has 25 heavy (non-hydrogen) atoms. The van der Waals surface area contributed by atoms with Crippen molar-refractivity contribution in [2.45, 2.75) is 13.8 Å². The summed E-state index contributed by atoms with van der Waals surface area (Å²) in [5.74, 6) is 1.84. The maximum absolute atomic E-state index is 5.43. The largest absolute Gasteiger partial charge is 0.378 e. The number of ether oxygens (including phenoxy) is 1. The molecule has 2 fully saturated rings. The van der Waals surface area contributed by atoms with Gasteiger partial charge in [-0.05, 0) is 13.8 Å². The van der Waals surface area contributed by atoms with Crippen LogP contribution in [0.2, 0.25) is 0 Å². The highest BCUT2D eigenvalue weighted by Gasteiger charge is 2.22. The smallest absolute Gasteiger partial charge is 0.227 e. The zero-order valence-corrected chi connectivity index (χ0v) is 15.5. The molecule has 0 bridgehead atoms. The van der Waals surface area contributed by atoms with E-state index in [1.807, 2.05) is 13.8 Å². The Morgan fingerprint density at radius 3 is 2.28 bits per heavy atom. The summed E-state index contributed by atoms with van der Waals surface area (Å²) in [4.78, 5) is 16.3. The van der Waals surface area contributed by atoms with Gasteiger partial charge in [0.05, 0.1) is 13.2 Å². The van der Waals surface area contributed by atoms with Crippen LogP contribution in [0.1, 0.15) is 10.7 Å². The van der Waals surface area contributed by atoms with E-state index in [2.05, 4.69) is 35.9 Å². The first kappa shape index (κ1) is 16.5. The summed E-state index contributed by atoms with van der Waals surface area (Å²) in [5.41, 5.74) is 1.01. The van der Waals surface area contributed by atoms with Crippen molar-refractivity contribution in [2.75, 3.05) is 67.2 Å². The van der Waals surface area contributed by atoms with Crippen LogP contribution in [0, 0.1) is 13.8 Å². The highest BCUT2D eigenvalue weighted by atomic mass is 32.1. The van der Waals surface area contributed by atoms with E-state index < -0.39 is 0 Å². The SMILES string of the molecule is Cc1cc(N2CCN(c3nnc(C)s3)CC2)nc(N2CCOCC2)n1. The average molecular weight is 361 g/mol. The Morgan fingerprint density at radius 1 is 0.880 bits per heavy atom. The fraction of sp³-hybridized carbons (Fsp3) is 0.625. The number of rotatable bonds is 3. The molecule has 134 valence electrons. The van der Waals surface area contributed by atoms with Crippen LogP contribution < -0.4 is 14.7 Å². The van der Waals surface area contributed by atoms with Gasteiger partial charge in [0.1, 0.15) is 10.8 Å². The van der Waals surface area contributed by atoms with Crippen molar-refractivity contribution in [3.8, 4) is 0 Å². The highest BCUT2D eigenvalue weighted by molar-refractivity contribution is 7.15. The molecular weight excluding hydrogens is 338 g/mol. The van der Waals surface area contributed by atoms with Crippen molar-refractivity contribution in [1.29, 1.82) is 0 Å². The molecule has 0 N–H and O–H groups in total. The lowest BCUT2D eigenvalue weighted by molar-refractivity contribution is 0.122. The van der Waals surface area contributed by atoms with Gasteiger partial charge in [-0.3, -0.25) is 0 Å². The van der Waals surface area contributed by atoms with Crippen molar-refractivity contribution in [3.63, 3.8) is 0 Å². The molecule has 0 aromatic carbocycles. The van der Waals surface area contributed by atoms with E-state index in [9.17, 15) is 0 Å². The summed E-state index contributed by atoms with van der Waals surface area (Å²) < 4.78 is 5.43. The van der Waals surface area contributed by atoms with Crippen molar-refractivity contribution >= 4 is 28.2 Å². The maximum Gasteiger partial charge on any atom is 0.227 e. The van der Waals surface area contributed by atoms with Crippen LogP contribution in [0.4, 0.5) is 16.9 Å². The number of hydrogen-bond acceptors (Lipinski definition) is 9. The number of hydrogen-bond donors (Lipinski definition) is 0. The normalized spacial score (nSPS) is 18.7. The third-order valence-electron chi connectivity index (χ3n) is 4.51. The number of anilines is 3. The second-order valence-corrected chi connectivity index (χ2v) is 7.50. The van der Waals surface area contributed by atoms with Gasteiger partial charge >= 0.3 is 0 Å². The Bertz CT molecular complexity index is 723. The van der Waals surface area contributed by atoms with Gasteiger partial charge in [-0.1, -0.05) is 11.3 Å². The van der Waals surface area contributed by atoms with Gasteiger partial charge in [-0.2, -0.15) is 4.98 Å². The second-order valence-electron chi connectivity index (χ2n) is 6.34. The van der Waals surface area contributed by atoms with Gasteiger partial charge < -0.3 is 19.4 Å². The lowest BCUT2D eigenvalue weighted by atomic mass is 10.3. The molecule has 2 saturated heterocycles. The van der Waals surface area contributed by atoms with Gasteiger partial charge in [-0.25, -0.2) is 4.98 Å². The summed E-state index contributed by atoms with van der Waals surface area (Å²) in [6.45, 7) is 11.0. The first-order chi connectivity index (χ1) is 12.2. The van der Waals surface area contributed by atoms with E-state index >= 15 is 0 Å². The maximum atomic E-state index is 5.43. The summed E-state index contributed by atoms with van der Waals surface area (Å²) in [6, 6.07) is 2.08. The third kappa shape index (κ3) is 3.67. The summed E-state index contributed by atoms with van der Waals surface area (Å²) in [6.07, 6.45) is 0. The monoisotopic (exact) mass is 361 g/mol. The predicted octanol–water partition coefficient (Wildman–Crippen LogP) is 1.11. The lowest BCUT2D eigenvalue weighted by Gasteiger charge is -2.35. The van der Waals surface area contributed by atoms with Crippen molar-refractivity contribution < 1.29 is 4.74 Å². The summed E-state index contributed by atoms with van der Waals surface area (Å²) >= 11 is 1.66. The second kappa shape index (κ2) is 7.09. The van der Waals surface area contributed by atoms with Crippen LogP contribution in [0.25, 0.3) is 0 Å². The van der Waals surface area contributed by atoms with Gasteiger partial charge in [-0.15, -0.1) is 10.2 Å². The number of nitrogens with zero attached hydrogens (tertiary/aromatic N) is 7. The zero-order valence-electron chi connectivity index (χ0n) is 14.7. The van der Waals surface area contributed by atoms with E-state index in [4.69, 9.17) is 9.72 Å². The minimum atomic E-state index is 0.743. The van der Waals surface area contributed by atoms with E-state index in [0.29, 0.717) is 0 Å². The Hall–Kier alpha value is -2.00. The van der Waals surface area contributed by atoms with Gasteiger partial charge in [0.2, 0.25) is 11.1 Å². The minimum Gasteiger partial charge on any atom is -0.378 e. The molecule has 0 saturated carbocycles.